The largest absolute Gasteiger partial charge is 0.319 e. The van der Waals surface area contributed by atoms with E-state index in [1.165, 1.54) is 23.9 Å². The summed E-state index contributed by atoms with van der Waals surface area (Å²) >= 11 is 1.50. The molecule has 24 heavy (non-hydrogen) atoms. The molecule has 2 aliphatic rings. The maximum atomic E-state index is 12.5. The van der Waals surface area contributed by atoms with E-state index in [-0.39, 0.29) is 10.4 Å². The lowest BCUT2D eigenvalue weighted by molar-refractivity contribution is -0.0485. The fraction of sp³-hybridized carbons (Fsp3) is 0.188. The minimum absolute atomic E-state index is 0.111. The first kappa shape index (κ1) is 15.5. The molecule has 4 rings (SSSR count). The second kappa shape index (κ2) is 5.51. The topological polar surface area (TPSA) is 62.2 Å². The van der Waals surface area contributed by atoms with Crippen LogP contribution in [0.15, 0.2) is 63.4 Å². The molecule has 2 aliphatic heterocycles. The van der Waals surface area contributed by atoms with Crippen molar-refractivity contribution in [2.45, 2.75) is 29.1 Å². The summed E-state index contributed by atoms with van der Waals surface area (Å²) in [5.41, 5.74) is 1.63. The molecule has 2 aromatic carbocycles. The van der Waals surface area contributed by atoms with E-state index >= 15 is 0 Å². The number of fused-ring (bicyclic) bond motifs is 3. The third-order valence-electron chi connectivity index (χ3n) is 3.84. The van der Waals surface area contributed by atoms with Crippen molar-refractivity contribution in [3.8, 4) is 0 Å². The predicted octanol–water partition coefficient (Wildman–Crippen LogP) is 3.16. The summed E-state index contributed by atoms with van der Waals surface area (Å²) in [6.07, 6.45) is 0. The minimum Gasteiger partial charge on any atom is -0.293 e. The second-order valence-corrected chi connectivity index (χ2v) is 8.20. The molecule has 0 aliphatic carbocycles. The number of nitrogens with zero attached hydrogens (tertiary/aromatic N) is 3. The monoisotopic (exact) mass is 361 g/mol. The molecule has 1 atom stereocenters. The number of para-hydroxylation sites is 1. The summed E-state index contributed by atoms with van der Waals surface area (Å²) in [7, 11) is -3.93. The van der Waals surface area contributed by atoms with E-state index in [4.69, 9.17) is 4.28 Å². The van der Waals surface area contributed by atoms with Gasteiger partial charge in [-0.3, -0.25) is 4.90 Å². The van der Waals surface area contributed by atoms with Gasteiger partial charge in [0.05, 0.1) is 10.6 Å². The average Bonchev–Trinajstić information content (AvgIpc) is 3.06. The molecule has 0 saturated heterocycles. The summed E-state index contributed by atoms with van der Waals surface area (Å²) < 4.78 is 30.3. The van der Waals surface area contributed by atoms with Crippen molar-refractivity contribution >= 4 is 33.4 Å². The van der Waals surface area contributed by atoms with E-state index in [0.717, 1.165) is 21.3 Å². The van der Waals surface area contributed by atoms with Crippen molar-refractivity contribution in [3.05, 3.63) is 54.1 Å². The predicted molar refractivity (Wildman–Crippen MR) is 93.0 cm³/mol. The first-order chi connectivity index (χ1) is 11.5. The van der Waals surface area contributed by atoms with E-state index in [9.17, 15) is 8.42 Å². The first-order valence-corrected chi connectivity index (χ1v) is 9.65. The van der Waals surface area contributed by atoms with Crippen molar-refractivity contribution < 1.29 is 12.7 Å². The Bertz CT molecular complexity index is 926. The van der Waals surface area contributed by atoms with E-state index in [0.29, 0.717) is 5.84 Å². The Morgan fingerprint density at radius 2 is 1.79 bits per heavy atom. The van der Waals surface area contributed by atoms with Gasteiger partial charge in [0.1, 0.15) is 5.84 Å². The molecule has 0 radical (unpaired) electrons. The van der Waals surface area contributed by atoms with E-state index < -0.39 is 10.1 Å². The Kier molecular flexibility index (Phi) is 3.56. The molecular formula is C16H15N3O3S2. The van der Waals surface area contributed by atoms with Gasteiger partial charge in [-0.05, 0) is 38.1 Å². The zero-order valence-corrected chi connectivity index (χ0v) is 14.7. The maximum Gasteiger partial charge on any atom is 0.319 e. The highest BCUT2D eigenvalue weighted by Crippen LogP contribution is 2.47. The SMILES string of the molecule is CC1=NN(OS(=O)(=O)c2ccc(C)cc2)C2Sc3ccccc3N12. The van der Waals surface area contributed by atoms with Gasteiger partial charge in [-0.2, -0.15) is 8.42 Å². The van der Waals surface area contributed by atoms with Crippen LogP contribution in [0.5, 0.6) is 0 Å². The highest BCUT2D eigenvalue weighted by molar-refractivity contribution is 8.00. The lowest BCUT2D eigenvalue weighted by Crippen LogP contribution is -2.37. The van der Waals surface area contributed by atoms with Crippen molar-refractivity contribution in [3.63, 3.8) is 0 Å². The fourth-order valence-electron chi connectivity index (χ4n) is 2.66. The van der Waals surface area contributed by atoms with Crippen LogP contribution in [0.4, 0.5) is 5.69 Å². The lowest BCUT2D eigenvalue weighted by atomic mass is 10.2. The Balaban J connectivity index is 1.62. The number of amidine groups is 1. The Hall–Kier alpha value is -2.03. The maximum absolute atomic E-state index is 12.5. The first-order valence-electron chi connectivity index (χ1n) is 7.36. The average molecular weight is 361 g/mol. The highest BCUT2D eigenvalue weighted by atomic mass is 32.2. The number of benzene rings is 2. The number of hydrazone groups is 1. The Morgan fingerprint density at radius 1 is 1.08 bits per heavy atom. The van der Waals surface area contributed by atoms with Gasteiger partial charge < -0.3 is 0 Å². The van der Waals surface area contributed by atoms with Gasteiger partial charge in [-0.15, -0.1) is 14.6 Å². The number of anilines is 1. The summed E-state index contributed by atoms with van der Waals surface area (Å²) in [6.45, 7) is 3.73. The normalized spacial score (nSPS) is 19.2. The van der Waals surface area contributed by atoms with Gasteiger partial charge in [0.15, 0.2) is 0 Å². The van der Waals surface area contributed by atoms with Crippen LogP contribution in [-0.2, 0) is 14.4 Å². The number of hydroxylamine groups is 1. The zero-order chi connectivity index (χ0) is 16.9. The molecule has 1 unspecified atom stereocenters. The zero-order valence-electron chi connectivity index (χ0n) is 13.1. The smallest absolute Gasteiger partial charge is 0.293 e. The van der Waals surface area contributed by atoms with Gasteiger partial charge in [0.25, 0.3) is 0 Å². The summed E-state index contributed by atoms with van der Waals surface area (Å²) in [5.74, 6) is 0.691. The van der Waals surface area contributed by atoms with E-state index in [2.05, 4.69) is 5.10 Å². The van der Waals surface area contributed by atoms with Crippen molar-refractivity contribution in [2.75, 3.05) is 4.90 Å². The number of thioether (sulfide) groups is 1. The molecule has 0 fully saturated rings. The molecule has 6 nitrogen and oxygen atoms in total. The van der Waals surface area contributed by atoms with Crippen LogP contribution in [0.2, 0.25) is 0 Å². The molecule has 8 heteroatoms. The minimum atomic E-state index is -3.93. The second-order valence-electron chi connectivity index (χ2n) is 5.57. The quantitative estimate of drug-likeness (QED) is 0.837. The van der Waals surface area contributed by atoms with Crippen molar-refractivity contribution in [1.29, 1.82) is 0 Å². The third-order valence-corrected chi connectivity index (χ3v) is 6.24. The number of hydrogen-bond acceptors (Lipinski definition) is 7. The molecular weight excluding hydrogens is 346 g/mol. The van der Waals surface area contributed by atoms with Crippen molar-refractivity contribution in [2.24, 2.45) is 5.10 Å². The van der Waals surface area contributed by atoms with E-state index in [1.807, 2.05) is 43.0 Å². The van der Waals surface area contributed by atoms with Crippen LogP contribution in [0.1, 0.15) is 12.5 Å². The van der Waals surface area contributed by atoms with Gasteiger partial charge in [-0.25, -0.2) is 0 Å². The molecule has 124 valence electrons. The third kappa shape index (κ3) is 2.47. The van der Waals surface area contributed by atoms with E-state index in [1.54, 1.807) is 12.1 Å². The number of aryl methyl sites for hydroxylation is 1. The molecule has 2 heterocycles. The van der Waals surface area contributed by atoms with Crippen LogP contribution >= 0.6 is 11.8 Å². The molecule has 0 spiro atoms. The molecule has 0 aromatic heterocycles. The summed E-state index contributed by atoms with van der Waals surface area (Å²) in [5, 5.41) is 5.42. The fourth-order valence-corrected chi connectivity index (χ4v) is 4.81. The Morgan fingerprint density at radius 3 is 2.54 bits per heavy atom. The molecule has 0 bridgehead atoms. The number of rotatable bonds is 3. The van der Waals surface area contributed by atoms with Gasteiger partial charge in [0, 0.05) is 4.90 Å². The van der Waals surface area contributed by atoms with Gasteiger partial charge >= 0.3 is 10.1 Å². The molecule has 0 N–H and O–H groups in total. The standard InChI is InChI=1S/C16H15N3O3S2/c1-11-7-9-13(10-8-11)24(20,21)22-19-16-18(12(2)17-19)14-5-3-4-6-15(14)23-16/h3-10,16H,1-2H3. The van der Waals surface area contributed by atoms with Crippen LogP contribution in [-0.4, -0.2) is 24.9 Å². The Labute approximate surface area is 144 Å². The van der Waals surface area contributed by atoms with Gasteiger partial charge in [0.2, 0.25) is 5.50 Å². The van der Waals surface area contributed by atoms with Crippen LogP contribution in [0, 0.1) is 6.92 Å². The number of hydrogen-bond donors (Lipinski definition) is 0. The van der Waals surface area contributed by atoms with Crippen LogP contribution in [0.25, 0.3) is 0 Å². The molecule has 0 saturated carbocycles. The summed E-state index contributed by atoms with van der Waals surface area (Å²) in [4.78, 5) is 3.14. The molecule has 2 aromatic rings. The molecule has 0 amide bonds. The van der Waals surface area contributed by atoms with Gasteiger partial charge in [-0.1, -0.05) is 41.6 Å². The van der Waals surface area contributed by atoms with Crippen LogP contribution in [0.3, 0.4) is 0 Å². The van der Waals surface area contributed by atoms with Crippen LogP contribution < -0.4 is 4.90 Å². The lowest BCUT2D eigenvalue weighted by Gasteiger charge is -2.22. The van der Waals surface area contributed by atoms with Crippen molar-refractivity contribution in [1.82, 2.24) is 5.17 Å². The highest BCUT2D eigenvalue weighted by Gasteiger charge is 2.43. The summed E-state index contributed by atoms with van der Waals surface area (Å²) in [6, 6.07) is 14.4.